The third-order valence-electron chi connectivity index (χ3n) is 5.04. The summed E-state index contributed by atoms with van der Waals surface area (Å²) in [4.78, 5) is 2.65. The van der Waals surface area contributed by atoms with Crippen LogP contribution in [-0.2, 0) is 11.2 Å². The molecule has 2 aliphatic rings. The van der Waals surface area contributed by atoms with E-state index in [4.69, 9.17) is 4.74 Å². The Labute approximate surface area is 132 Å². The first-order valence-corrected chi connectivity index (χ1v) is 8.41. The van der Waals surface area contributed by atoms with E-state index in [1.54, 1.807) is 0 Å². The van der Waals surface area contributed by atoms with Gasteiger partial charge >= 0.3 is 0 Å². The van der Waals surface area contributed by atoms with Crippen molar-refractivity contribution in [3.8, 4) is 0 Å². The Hall–Kier alpha value is -1.80. The summed E-state index contributed by atoms with van der Waals surface area (Å²) in [6.45, 7) is 0.838. The van der Waals surface area contributed by atoms with Gasteiger partial charge in [-0.3, -0.25) is 0 Å². The predicted octanol–water partition coefficient (Wildman–Crippen LogP) is 4.06. The number of benzene rings is 2. The summed E-state index contributed by atoms with van der Waals surface area (Å²) in [6, 6.07) is 22.7. The fourth-order valence-corrected chi connectivity index (χ4v) is 4.05. The number of para-hydroxylation sites is 1. The molecule has 4 rings (SSSR count). The Balaban J connectivity index is 1.63. The van der Waals surface area contributed by atoms with Gasteiger partial charge in [0.05, 0.1) is 24.8 Å². The maximum atomic E-state index is 6.20. The Morgan fingerprint density at radius 3 is 2.41 bits per heavy atom. The van der Waals surface area contributed by atoms with Gasteiger partial charge in [-0.1, -0.05) is 48.5 Å². The van der Waals surface area contributed by atoms with Gasteiger partial charge in [0.25, 0.3) is 0 Å². The highest BCUT2D eigenvalue weighted by molar-refractivity contribution is 5.50. The quantitative estimate of drug-likeness (QED) is 0.846. The average molecular weight is 293 g/mol. The van der Waals surface area contributed by atoms with E-state index in [1.165, 1.54) is 30.5 Å². The van der Waals surface area contributed by atoms with E-state index >= 15 is 0 Å². The molecule has 1 aliphatic carbocycles. The van der Waals surface area contributed by atoms with Crippen molar-refractivity contribution in [2.75, 3.05) is 11.5 Å². The summed E-state index contributed by atoms with van der Waals surface area (Å²) in [7, 11) is 0. The van der Waals surface area contributed by atoms with Gasteiger partial charge in [-0.15, -0.1) is 0 Å². The summed E-state index contributed by atoms with van der Waals surface area (Å²) in [5.41, 5.74) is 2.75. The minimum absolute atomic E-state index is 0.423. The molecule has 0 aromatic heterocycles. The van der Waals surface area contributed by atoms with Crippen molar-refractivity contribution in [1.82, 2.24) is 0 Å². The van der Waals surface area contributed by atoms with Crippen LogP contribution in [0.25, 0.3) is 0 Å². The van der Waals surface area contributed by atoms with Crippen LogP contribution in [0.2, 0.25) is 0 Å². The van der Waals surface area contributed by atoms with Gasteiger partial charge in [-0.2, -0.15) is 0 Å². The molecule has 2 fully saturated rings. The van der Waals surface area contributed by atoms with Gasteiger partial charge in [-0.25, -0.2) is 0 Å². The summed E-state index contributed by atoms with van der Waals surface area (Å²) in [5, 5.41) is 0. The van der Waals surface area contributed by atoms with Crippen LogP contribution in [0, 0.1) is 0 Å². The van der Waals surface area contributed by atoms with Crippen LogP contribution in [0.15, 0.2) is 60.7 Å². The van der Waals surface area contributed by atoms with E-state index in [-0.39, 0.29) is 0 Å². The number of hydrogen-bond acceptors (Lipinski definition) is 2. The summed E-state index contributed by atoms with van der Waals surface area (Å²) < 4.78 is 6.20. The number of ether oxygens (including phenoxy) is 1. The van der Waals surface area contributed by atoms with Crippen molar-refractivity contribution in [1.29, 1.82) is 0 Å². The summed E-state index contributed by atoms with van der Waals surface area (Å²) in [5.74, 6) is 0. The second-order valence-corrected chi connectivity index (χ2v) is 6.46. The third kappa shape index (κ3) is 2.64. The zero-order chi connectivity index (χ0) is 14.8. The molecule has 0 unspecified atom stereocenters. The normalized spacial score (nSPS) is 27.6. The smallest absolute Gasteiger partial charge is 0.0779 e. The second kappa shape index (κ2) is 6.13. The summed E-state index contributed by atoms with van der Waals surface area (Å²) >= 11 is 0. The van der Waals surface area contributed by atoms with E-state index < -0.39 is 0 Å². The molecule has 2 aromatic rings. The van der Waals surface area contributed by atoms with E-state index in [0.29, 0.717) is 18.2 Å². The zero-order valence-electron chi connectivity index (χ0n) is 12.9. The van der Waals surface area contributed by atoms with E-state index in [2.05, 4.69) is 65.6 Å². The molecule has 22 heavy (non-hydrogen) atoms. The number of anilines is 1. The highest BCUT2D eigenvalue weighted by Gasteiger charge is 2.40. The van der Waals surface area contributed by atoms with Gasteiger partial charge in [0, 0.05) is 5.69 Å². The molecule has 2 aromatic carbocycles. The lowest BCUT2D eigenvalue weighted by Gasteiger charge is -2.45. The Bertz CT molecular complexity index is 598. The van der Waals surface area contributed by atoms with Gasteiger partial charge in [0.15, 0.2) is 0 Å². The van der Waals surface area contributed by atoms with Crippen LogP contribution in [-0.4, -0.2) is 24.8 Å². The van der Waals surface area contributed by atoms with Crippen molar-refractivity contribution < 1.29 is 4.74 Å². The average Bonchev–Trinajstić information content (AvgIpc) is 3.05. The first-order valence-electron chi connectivity index (χ1n) is 8.41. The molecule has 1 saturated carbocycles. The van der Waals surface area contributed by atoms with Crippen LogP contribution in [0.4, 0.5) is 5.69 Å². The Morgan fingerprint density at radius 1 is 0.909 bits per heavy atom. The third-order valence-corrected chi connectivity index (χ3v) is 5.04. The molecule has 2 nitrogen and oxygen atoms in total. The van der Waals surface area contributed by atoms with Crippen LogP contribution in [0.1, 0.15) is 24.8 Å². The lowest BCUT2D eigenvalue weighted by Crippen LogP contribution is -2.55. The number of morpholine rings is 1. The van der Waals surface area contributed by atoms with Crippen molar-refractivity contribution >= 4 is 5.69 Å². The Morgan fingerprint density at radius 2 is 1.64 bits per heavy atom. The van der Waals surface area contributed by atoms with Crippen molar-refractivity contribution in [2.24, 2.45) is 0 Å². The van der Waals surface area contributed by atoms with Gasteiger partial charge < -0.3 is 9.64 Å². The molecule has 3 atom stereocenters. The monoisotopic (exact) mass is 293 g/mol. The maximum absolute atomic E-state index is 6.20. The highest BCUT2D eigenvalue weighted by Crippen LogP contribution is 2.36. The number of nitrogens with zero attached hydrogens (tertiary/aromatic N) is 1. The summed E-state index contributed by atoms with van der Waals surface area (Å²) in [6.07, 6.45) is 5.24. The lowest BCUT2D eigenvalue weighted by molar-refractivity contribution is 0.00411. The molecule has 2 heteroatoms. The van der Waals surface area contributed by atoms with Crippen LogP contribution < -0.4 is 4.90 Å². The largest absolute Gasteiger partial charge is 0.374 e. The minimum Gasteiger partial charge on any atom is -0.374 e. The van der Waals surface area contributed by atoms with Crippen LogP contribution in [0.3, 0.4) is 0 Å². The zero-order valence-corrected chi connectivity index (χ0v) is 12.9. The van der Waals surface area contributed by atoms with Gasteiger partial charge in [0.1, 0.15) is 0 Å². The molecule has 1 saturated heterocycles. The SMILES string of the molecule is c1ccc(C[C@@H]2CO[C@H]3CCC[C@@H]3N2c2ccccc2)cc1. The van der Waals surface area contributed by atoms with Crippen molar-refractivity contribution in [3.63, 3.8) is 0 Å². The molecular formula is C20H23NO. The van der Waals surface area contributed by atoms with E-state index in [0.717, 1.165) is 13.0 Å². The molecule has 114 valence electrons. The van der Waals surface area contributed by atoms with E-state index in [9.17, 15) is 0 Å². The lowest BCUT2D eigenvalue weighted by atomic mass is 9.98. The first kappa shape index (κ1) is 13.8. The van der Waals surface area contributed by atoms with Crippen LogP contribution in [0.5, 0.6) is 0 Å². The fourth-order valence-electron chi connectivity index (χ4n) is 4.05. The van der Waals surface area contributed by atoms with Crippen molar-refractivity contribution in [3.05, 3.63) is 66.2 Å². The molecule has 0 radical (unpaired) electrons. The highest BCUT2D eigenvalue weighted by atomic mass is 16.5. The standard InChI is InChI=1S/C20H23NO/c1-3-8-16(9-4-1)14-18-15-22-20-13-7-12-19(20)21(18)17-10-5-2-6-11-17/h1-6,8-11,18-20H,7,12-15H2/t18-,19+,20+/m1/s1. The predicted molar refractivity (Wildman–Crippen MR) is 90.2 cm³/mol. The number of fused-ring (bicyclic) bond motifs is 1. The minimum atomic E-state index is 0.423. The van der Waals surface area contributed by atoms with Crippen LogP contribution >= 0.6 is 0 Å². The van der Waals surface area contributed by atoms with Gasteiger partial charge in [0.2, 0.25) is 0 Å². The molecule has 0 N–H and O–H groups in total. The molecule has 0 amide bonds. The van der Waals surface area contributed by atoms with Gasteiger partial charge in [-0.05, 0) is 43.4 Å². The number of hydrogen-bond donors (Lipinski definition) is 0. The maximum Gasteiger partial charge on any atom is 0.0779 e. The Kier molecular flexibility index (Phi) is 3.86. The molecule has 1 heterocycles. The molecule has 0 spiro atoms. The van der Waals surface area contributed by atoms with E-state index in [1.807, 2.05) is 0 Å². The number of rotatable bonds is 3. The molecule has 0 bridgehead atoms. The topological polar surface area (TPSA) is 12.5 Å². The second-order valence-electron chi connectivity index (χ2n) is 6.46. The fraction of sp³-hybridized carbons (Fsp3) is 0.400. The molecular weight excluding hydrogens is 270 g/mol. The first-order chi connectivity index (χ1) is 10.9. The molecule has 1 aliphatic heterocycles. The van der Waals surface area contributed by atoms with Crippen molar-refractivity contribution in [2.45, 2.75) is 43.9 Å².